The molecular weight excluding hydrogens is 593 g/mol. The van der Waals surface area contributed by atoms with Crippen LogP contribution in [-0.2, 0) is 0 Å². The van der Waals surface area contributed by atoms with Gasteiger partial charge in [0.05, 0.1) is 29.3 Å². The first kappa shape index (κ1) is 34.4. The summed E-state index contributed by atoms with van der Waals surface area (Å²) in [5.41, 5.74) is 3.12. The van der Waals surface area contributed by atoms with Gasteiger partial charge in [0.15, 0.2) is 0 Å². The molecule has 3 rings (SSSR count). The molecule has 0 bridgehead atoms. The molecule has 3 aromatic rings. The summed E-state index contributed by atoms with van der Waals surface area (Å²) in [6.45, 7) is 13.6. The molecular formula is C40H36OS3. The van der Waals surface area contributed by atoms with E-state index >= 15 is 0 Å². The molecule has 0 atom stereocenters. The van der Waals surface area contributed by atoms with E-state index in [1.807, 2.05) is 57.2 Å². The quantitative estimate of drug-likeness (QED) is 0.286. The Balaban J connectivity index is 1.78. The zero-order valence-corrected chi connectivity index (χ0v) is 28.9. The van der Waals surface area contributed by atoms with Crippen LogP contribution in [0.4, 0.5) is 0 Å². The summed E-state index contributed by atoms with van der Waals surface area (Å²) in [4.78, 5) is 5.85. The Bertz CT molecular complexity index is 1920. The second-order valence-corrected chi connectivity index (χ2v) is 13.6. The highest BCUT2D eigenvalue weighted by Crippen LogP contribution is 2.19. The topological polar surface area (TPSA) is 20.2 Å². The molecule has 0 saturated heterocycles. The number of allylic oxidation sites excluding steroid dienone is 4. The van der Waals surface area contributed by atoms with Crippen molar-refractivity contribution in [2.75, 3.05) is 0 Å². The summed E-state index contributed by atoms with van der Waals surface area (Å²) < 4.78 is 0. The molecule has 220 valence electrons. The van der Waals surface area contributed by atoms with Crippen LogP contribution < -0.4 is 0 Å². The average molecular weight is 629 g/mol. The fraction of sp³-hybridized carbons (Fsp3) is 0.300. The molecule has 0 aromatic carbocycles. The van der Waals surface area contributed by atoms with Crippen LogP contribution in [-0.4, -0.2) is 10.7 Å². The van der Waals surface area contributed by atoms with Crippen LogP contribution in [0.1, 0.15) is 103 Å². The van der Waals surface area contributed by atoms with Crippen LogP contribution in [0.25, 0.3) is 0 Å². The second-order valence-electron chi connectivity index (χ2n) is 10.4. The van der Waals surface area contributed by atoms with E-state index in [-0.39, 0.29) is 0 Å². The molecule has 0 radical (unpaired) electrons. The summed E-state index contributed by atoms with van der Waals surface area (Å²) in [6.07, 6.45) is 3.78. The molecule has 1 N–H and O–H groups in total. The van der Waals surface area contributed by atoms with Crippen LogP contribution in [0.5, 0.6) is 0 Å². The number of hydrogen-bond donors (Lipinski definition) is 1. The van der Waals surface area contributed by atoms with E-state index in [4.69, 9.17) is 0 Å². The molecule has 0 saturated carbocycles. The molecule has 0 aliphatic carbocycles. The monoisotopic (exact) mass is 628 g/mol. The summed E-state index contributed by atoms with van der Waals surface area (Å²) in [6, 6.07) is 12.0. The molecule has 0 amide bonds. The van der Waals surface area contributed by atoms with Crippen molar-refractivity contribution in [3.8, 4) is 71.0 Å². The molecule has 0 fully saturated rings. The van der Waals surface area contributed by atoms with Crippen molar-refractivity contribution in [3.05, 3.63) is 88.0 Å². The third kappa shape index (κ3) is 11.9. The smallest absolute Gasteiger partial charge is 0.120 e. The average Bonchev–Trinajstić information content (AvgIpc) is 3.75. The Morgan fingerprint density at radius 2 is 0.932 bits per heavy atom. The van der Waals surface area contributed by atoms with E-state index in [9.17, 15) is 5.11 Å². The highest BCUT2D eigenvalue weighted by Gasteiger charge is 2.06. The first-order valence-corrected chi connectivity index (χ1v) is 17.0. The lowest BCUT2D eigenvalue weighted by molar-refractivity contribution is 0.143. The summed E-state index contributed by atoms with van der Waals surface area (Å²) in [5.74, 6) is 38.5. The molecule has 0 unspecified atom stereocenters. The van der Waals surface area contributed by atoms with Gasteiger partial charge in [-0.3, -0.25) is 0 Å². The van der Waals surface area contributed by atoms with E-state index in [1.165, 1.54) is 11.3 Å². The van der Waals surface area contributed by atoms with Crippen molar-refractivity contribution in [2.24, 2.45) is 0 Å². The van der Waals surface area contributed by atoms with Gasteiger partial charge in [-0.1, -0.05) is 91.8 Å². The fourth-order valence-corrected chi connectivity index (χ4v) is 5.87. The van der Waals surface area contributed by atoms with Crippen LogP contribution in [0.3, 0.4) is 0 Å². The Kier molecular flexibility index (Phi) is 13.5. The number of hydrogen-bond acceptors (Lipinski definition) is 4. The van der Waals surface area contributed by atoms with Crippen molar-refractivity contribution >= 4 is 34.0 Å². The van der Waals surface area contributed by atoms with Gasteiger partial charge in [-0.2, -0.15) is 0 Å². The highest BCUT2D eigenvalue weighted by molar-refractivity contribution is 7.13. The van der Waals surface area contributed by atoms with E-state index < -0.39 is 5.60 Å². The maximum Gasteiger partial charge on any atom is 0.120 e. The number of aliphatic hydroxyl groups is 1. The van der Waals surface area contributed by atoms with Crippen molar-refractivity contribution in [1.82, 2.24) is 0 Å². The fourth-order valence-electron chi connectivity index (χ4n) is 3.68. The van der Waals surface area contributed by atoms with Crippen LogP contribution >= 0.6 is 34.0 Å². The third-order valence-corrected chi connectivity index (χ3v) is 8.63. The van der Waals surface area contributed by atoms with Gasteiger partial charge in [0.25, 0.3) is 0 Å². The van der Waals surface area contributed by atoms with Gasteiger partial charge in [-0.15, -0.1) is 39.9 Å². The van der Waals surface area contributed by atoms with Crippen molar-refractivity contribution in [1.29, 1.82) is 0 Å². The van der Waals surface area contributed by atoms with Gasteiger partial charge in [0.1, 0.15) is 5.60 Å². The van der Waals surface area contributed by atoms with Crippen molar-refractivity contribution < 1.29 is 5.11 Å². The van der Waals surface area contributed by atoms with Crippen molar-refractivity contribution in [2.45, 2.75) is 79.8 Å². The molecule has 1 nitrogen and oxygen atoms in total. The molecule has 0 spiro atoms. The molecule has 4 heteroatoms. The molecule has 0 aliphatic rings. The SMILES string of the molecule is CC#Cc1ccc(C#C/C(C)=C(/C#Cc2ccc(C#C/C(C)=C(/C#Cc3ccc(C#CC(C)(C)O)s3)CCC)s2)CCC)s1. The van der Waals surface area contributed by atoms with Gasteiger partial charge in [0, 0.05) is 22.3 Å². The standard InChI is InChI=1S/C40H36OS3/c1-8-11-32(30(4)14-18-35-23-22-34(42-35)13-10-3)16-20-37-25-24-36(43-37)19-15-31(5)33(12-9-2)17-21-38-26-27-39(44-38)28-29-40(6,7)41/h22-27,41H,8-9,11-12H2,1-7H3/b32-30+,33-31+. The van der Waals surface area contributed by atoms with Gasteiger partial charge >= 0.3 is 0 Å². The third-order valence-electron chi connectivity index (χ3n) is 5.88. The Morgan fingerprint density at radius 3 is 1.27 bits per heavy atom. The van der Waals surface area contributed by atoms with E-state index in [2.05, 4.69) is 84.9 Å². The molecule has 3 aromatic heterocycles. The Labute approximate surface area is 276 Å². The first-order valence-electron chi connectivity index (χ1n) is 14.6. The van der Waals surface area contributed by atoms with Crippen LogP contribution in [0.2, 0.25) is 0 Å². The number of rotatable bonds is 4. The predicted molar refractivity (Wildman–Crippen MR) is 191 cm³/mol. The lowest BCUT2D eigenvalue weighted by Gasteiger charge is -2.05. The first-order chi connectivity index (χ1) is 21.1. The largest absolute Gasteiger partial charge is 0.378 e. The number of thiophene rings is 3. The van der Waals surface area contributed by atoms with Crippen molar-refractivity contribution in [3.63, 3.8) is 0 Å². The molecule has 44 heavy (non-hydrogen) atoms. The highest BCUT2D eigenvalue weighted by atomic mass is 32.1. The van der Waals surface area contributed by atoms with Crippen LogP contribution in [0, 0.1) is 71.0 Å². The summed E-state index contributed by atoms with van der Waals surface area (Å²) >= 11 is 4.75. The molecule has 0 aliphatic heterocycles. The normalized spacial score (nSPS) is 11.2. The maximum absolute atomic E-state index is 9.84. The van der Waals surface area contributed by atoms with Gasteiger partial charge in [-0.25, -0.2) is 0 Å². The van der Waals surface area contributed by atoms with E-state index in [1.54, 1.807) is 36.5 Å². The lowest BCUT2D eigenvalue weighted by Crippen LogP contribution is -2.14. The lowest BCUT2D eigenvalue weighted by atomic mass is 10.1. The Hall–Kier alpha value is -4.10. The van der Waals surface area contributed by atoms with Crippen LogP contribution in [0.15, 0.2) is 58.7 Å². The predicted octanol–water partition coefficient (Wildman–Crippen LogP) is 9.40. The van der Waals surface area contributed by atoms with E-state index in [0.29, 0.717) is 0 Å². The molecule has 3 heterocycles. The minimum Gasteiger partial charge on any atom is -0.378 e. The second kappa shape index (κ2) is 17.3. The zero-order chi connectivity index (χ0) is 32.0. The summed E-state index contributed by atoms with van der Waals surface area (Å²) in [7, 11) is 0. The minimum atomic E-state index is -1.01. The summed E-state index contributed by atoms with van der Waals surface area (Å²) in [5, 5.41) is 9.84. The Morgan fingerprint density at radius 1 is 0.591 bits per heavy atom. The van der Waals surface area contributed by atoms with Gasteiger partial charge in [-0.05, 0) is 83.9 Å². The van der Waals surface area contributed by atoms with Gasteiger partial charge < -0.3 is 5.11 Å². The zero-order valence-electron chi connectivity index (χ0n) is 26.5. The van der Waals surface area contributed by atoms with Gasteiger partial charge in [0.2, 0.25) is 0 Å². The minimum absolute atomic E-state index is 0.876. The van der Waals surface area contributed by atoms with E-state index in [0.717, 1.165) is 77.2 Å². The maximum atomic E-state index is 9.84.